The average molecular weight is 658 g/mol. The van der Waals surface area contributed by atoms with E-state index in [0.717, 1.165) is 24.7 Å². The summed E-state index contributed by atoms with van der Waals surface area (Å²) in [6.45, 7) is 0.258. The standard InChI is InChI=1S/C25H16BrCl2IO4/c1-31-23-10-14(8-17-11-22(33-25(17)30)15-2-5-18(26)6-3-15)9-21(29)24(23)32-13-16-4-7-19(27)12-20(16)28/h2-12H,13H2,1H3/b17-8+. The van der Waals surface area contributed by atoms with Crippen LogP contribution in [0.4, 0.5) is 0 Å². The highest BCUT2D eigenvalue weighted by Crippen LogP contribution is 2.37. The maximum absolute atomic E-state index is 12.4. The summed E-state index contributed by atoms with van der Waals surface area (Å²) < 4.78 is 18.8. The van der Waals surface area contributed by atoms with Crippen LogP contribution < -0.4 is 9.47 Å². The smallest absolute Gasteiger partial charge is 0.343 e. The molecule has 0 saturated heterocycles. The number of esters is 1. The molecule has 1 aliphatic heterocycles. The summed E-state index contributed by atoms with van der Waals surface area (Å²) in [4.78, 5) is 12.4. The number of benzene rings is 3. The lowest BCUT2D eigenvalue weighted by molar-refractivity contribution is -0.130. The Kier molecular flexibility index (Phi) is 7.69. The van der Waals surface area contributed by atoms with Gasteiger partial charge in [0, 0.05) is 25.6 Å². The van der Waals surface area contributed by atoms with E-state index in [-0.39, 0.29) is 6.61 Å². The van der Waals surface area contributed by atoms with Gasteiger partial charge in [0.05, 0.1) is 16.3 Å². The highest BCUT2D eigenvalue weighted by Gasteiger charge is 2.22. The van der Waals surface area contributed by atoms with E-state index in [0.29, 0.717) is 32.9 Å². The maximum atomic E-state index is 12.4. The lowest BCUT2D eigenvalue weighted by Crippen LogP contribution is -2.01. The molecule has 0 aliphatic carbocycles. The second-order valence-corrected chi connectivity index (χ2v) is 9.98. The zero-order chi connectivity index (χ0) is 23.5. The van der Waals surface area contributed by atoms with Crippen molar-refractivity contribution in [3.63, 3.8) is 0 Å². The molecule has 0 bridgehead atoms. The van der Waals surface area contributed by atoms with Crippen molar-refractivity contribution >= 4 is 79.5 Å². The van der Waals surface area contributed by atoms with Crippen LogP contribution >= 0.6 is 61.7 Å². The number of ether oxygens (including phenoxy) is 3. The van der Waals surface area contributed by atoms with Gasteiger partial charge in [0.1, 0.15) is 12.4 Å². The van der Waals surface area contributed by atoms with Crippen LogP contribution in [0.1, 0.15) is 16.7 Å². The van der Waals surface area contributed by atoms with E-state index in [4.69, 9.17) is 37.4 Å². The van der Waals surface area contributed by atoms with Crippen molar-refractivity contribution < 1.29 is 19.0 Å². The fraction of sp³-hybridized carbons (Fsp3) is 0.0800. The van der Waals surface area contributed by atoms with Gasteiger partial charge in [-0.1, -0.05) is 57.3 Å². The SMILES string of the molecule is COc1cc(/C=C2\C=C(c3ccc(Br)cc3)OC2=O)cc(I)c1OCc1ccc(Cl)cc1Cl. The van der Waals surface area contributed by atoms with Crippen LogP contribution in [0.15, 0.2) is 70.7 Å². The topological polar surface area (TPSA) is 44.8 Å². The molecule has 0 spiro atoms. The van der Waals surface area contributed by atoms with E-state index in [1.54, 1.807) is 31.4 Å². The quantitative estimate of drug-likeness (QED) is 0.154. The fourth-order valence-corrected chi connectivity index (χ4v) is 4.69. The van der Waals surface area contributed by atoms with Crippen molar-refractivity contribution in [2.45, 2.75) is 6.61 Å². The summed E-state index contributed by atoms with van der Waals surface area (Å²) >= 11 is 17.8. The van der Waals surface area contributed by atoms with E-state index in [9.17, 15) is 4.79 Å². The van der Waals surface area contributed by atoms with E-state index in [2.05, 4.69) is 38.5 Å². The molecule has 0 N–H and O–H groups in total. The van der Waals surface area contributed by atoms with Crippen molar-refractivity contribution in [2.24, 2.45) is 0 Å². The van der Waals surface area contributed by atoms with Crippen molar-refractivity contribution in [3.8, 4) is 11.5 Å². The van der Waals surface area contributed by atoms with Crippen LogP contribution in [0.25, 0.3) is 11.8 Å². The molecule has 0 radical (unpaired) electrons. The van der Waals surface area contributed by atoms with Crippen LogP contribution in [0, 0.1) is 3.57 Å². The zero-order valence-electron chi connectivity index (χ0n) is 17.2. The third kappa shape index (κ3) is 5.74. The van der Waals surface area contributed by atoms with Gasteiger partial charge in [-0.15, -0.1) is 0 Å². The Bertz CT molecular complexity index is 1290. The number of cyclic esters (lactones) is 1. The first-order valence-electron chi connectivity index (χ1n) is 9.70. The van der Waals surface area contributed by atoms with Crippen molar-refractivity contribution in [1.29, 1.82) is 0 Å². The number of methoxy groups -OCH3 is 1. The predicted molar refractivity (Wildman–Crippen MR) is 143 cm³/mol. The molecule has 4 rings (SSSR count). The summed E-state index contributed by atoms with van der Waals surface area (Å²) in [5.41, 5.74) is 2.87. The number of hydrogen-bond acceptors (Lipinski definition) is 4. The monoisotopic (exact) mass is 656 g/mol. The van der Waals surface area contributed by atoms with Crippen molar-refractivity contribution in [2.75, 3.05) is 7.11 Å². The largest absolute Gasteiger partial charge is 0.493 e. The highest BCUT2D eigenvalue weighted by atomic mass is 127. The molecule has 0 saturated carbocycles. The van der Waals surface area contributed by atoms with E-state index < -0.39 is 5.97 Å². The van der Waals surface area contributed by atoms with Gasteiger partial charge in [0.15, 0.2) is 11.5 Å². The molecular formula is C25H16BrCl2IO4. The van der Waals surface area contributed by atoms with E-state index >= 15 is 0 Å². The highest BCUT2D eigenvalue weighted by molar-refractivity contribution is 14.1. The summed E-state index contributed by atoms with van der Waals surface area (Å²) in [5.74, 6) is 1.24. The third-order valence-corrected chi connectivity index (χ3v) is 6.73. The van der Waals surface area contributed by atoms with Crippen LogP contribution in [0.2, 0.25) is 10.0 Å². The van der Waals surface area contributed by atoms with Crippen molar-refractivity contribution in [1.82, 2.24) is 0 Å². The average Bonchev–Trinajstić information content (AvgIpc) is 3.14. The van der Waals surface area contributed by atoms with Crippen molar-refractivity contribution in [3.05, 3.63) is 101 Å². The zero-order valence-corrected chi connectivity index (χ0v) is 22.5. The molecule has 1 heterocycles. The number of rotatable bonds is 6. The molecule has 1 aliphatic rings. The minimum Gasteiger partial charge on any atom is -0.493 e. The molecule has 0 aromatic heterocycles. The summed E-state index contributed by atoms with van der Waals surface area (Å²) in [5, 5.41) is 1.10. The Morgan fingerprint density at radius 2 is 1.85 bits per heavy atom. The van der Waals surface area contributed by atoms with Gasteiger partial charge < -0.3 is 14.2 Å². The van der Waals surface area contributed by atoms with E-state index in [1.807, 2.05) is 42.5 Å². The van der Waals surface area contributed by atoms with Gasteiger partial charge in [-0.3, -0.25) is 0 Å². The molecule has 3 aromatic carbocycles. The van der Waals surface area contributed by atoms with Gasteiger partial charge in [0.2, 0.25) is 0 Å². The minimum absolute atomic E-state index is 0.258. The molecule has 0 fully saturated rings. The summed E-state index contributed by atoms with van der Waals surface area (Å²) in [7, 11) is 1.57. The molecule has 0 atom stereocenters. The Morgan fingerprint density at radius 1 is 1.09 bits per heavy atom. The van der Waals surface area contributed by atoms with Crippen LogP contribution in [0.3, 0.4) is 0 Å². The number of carbonyl (C=O) groups excluding carboxylic acids is 1. The molecule has 3 aromatic rings. The maximum Gasteiger partial charge on any atom is 0.343 e. The fourth-order valence-electron chi connectivity index (χ4n) is 3.18. The molecule has 0 unspecified atom stereocenters. The Hall–Kier alpha value is -2.00. The second-order valence-electron chi connectivity index (χ2n) is 7.06. The first kappa shape index (κ1) is 24.1. The van der Waals surface area contributed by atoms with Gasteiger partial charge in [0.25, 0.3) is 0 Å². The van der Waals surface area contributed by atoms with Gasteiger partial charge in [-0.25, -0.2) is 4.79 Å². The Morgan fingerprint density at radius 3 is 2.55 bits per heavy atom. The minimum atomic E-state index is -0.403. The van der Waals surface area contributed by atoms with Gasteiger partial charge >= 0.3 is 5.97 Å². The van der Waals surface area contributed by atoms with Crippen LogP contribution in [-0.4, -0.2) is 13.1 Å². The molecule has 33 heavy (non-hydrogen) atoms. The van der Waals surface area contributed by atoms with Gasteiger partial charge in [-0.05, 0) is 76.7 Å². The number of halogens is 4. The molecular weight excluding hydrogens is 642 g/mol. The predicted octanol–water partition coefficient (Wildman–Crippen LogP) is 7.93. The summed E-state index contributed by atoms with van der Waals surface area (Å²) in [6.07, 6.45) is 3.50. The molecule has 8 heteroatoms. The van der Waals surface area contributed by atoms with Gasteiger partial charge in [-0.2, -0.15) is 0 Å². The third-order valence-electron chi connectivity index (χ3n) is 4.81. The summed E-state index contributed by atoms with van der Waals surface area (Å²) in [6, 6.07) is 16.6. The first-order valence-corrected chi connectivity index (χ1v) is 12.3. The molecule has 4 nitrogen and oxygen atoms in total. The lowest BCUT2D eigenvalue weighted by Gasteiger charge is -2.14. The van der Waals surface area contributed by atoms with Crippen LogP contribution in [0.5, 0.6) is 11.5 Å². The number of hydrogen-bond donors (Lipinski definition) is 0. The van der Waals surface area contributed by atoms with Crippen LogP contribution in [-0.2, 0) is 16.1 Å². The lowest BCUT2D eigenvalue weighted by atomic mass is 10.1. The second kappa shape index (κ2) is 10.5. The number of carbonyl (C=O) groups is 1. The first-order chi connectivity index (χ1) is 15.8. The van der Waals surface area contributed by atoms with E-state index in [1.165, 1.54) is 0 Å². The Labute approximate surface area is 223 Å². The molecule has 0 amide bonds. The molecule has 168 valence electrons. The normalized spacial score (nSPS) is 14.3. The Balaban J connectivity index is 1.59.